The Labute approximate surface area is 111 Å². The van der Waals surface area contributed by atoms with Gasteiger partial charge < -0.3 is 14.6 Å². The molecule has 0 aliphatic rings. The first-order valence-corrected chi connectivity index (χ1v) is 5.67. The van der Waals surface area contributed by atoms with E-state index in [1.807, 2.05) is 6.92 Å². The second-order valence-corrected chi connectivity index (χ2v) is 3.73. The van der Waals surface area contributed by atoms with Crippen LogP contribution in [-0.2, 0) is 11.2 Å². The van der Waals surface area contributed by atoms with Gasteiger partial charge in [0.1, 0.15) is 23.1 Å². The Morgan fingerprint density at radius 3 is 2.42 bits per heavy atom. The summed E-state index contributed by atoms with van der Waals surface area (Å²) in [6.45, 7) is 1.98. The Morgan fingerprint density at radius 2 is 2.00 bits per heavy atom. The molecule has 5 nitrogen and oxygen atoms in total. The number of ether oxygens (including phenoxy) is 2. The average molecular weight is 261 g/mol. The fraction of sp³-hybridized carbons (Fsp3) is 0.286. The molecule has 0 aliphatic carbocycles. The largest absolute Gasteiger partial charge is 0.496 e. The van der Waals surface area contributed by atoms with Gasteiger partial charge in [0.15, 0.2) is 0 Å². The number of benzene rings is 1. The molecule has 0 spiro atoms. The predicted octanol–water partition coefficient (Wildman–Crippen LogP) is 2.26. The Hall–Kier alpha value is -2.48. The number of hydrogen-bond acceptors (Lipinski definition) is 4. The van der Waals surface area contributed by atoms with Gasteiger partial charge in [-0.05, 0) is 30.2 Å². The van der Waals surface area contributed by atoms with Crippen LogP contribution in [0.4, 0.5) is 0 Å². The number of carboxylic acids is 1. The van der Waals surface area contributed by atoms with Crippen molar-refractivity contribution in [3.63, 3.8) is 0 Å². The summed E-state index contributed by atoms with van der Waals surface area (Å²) in [5.41, 5.74) is 1.09. The molecule has 0 saturated carbocycles. The van der Waals surface area contributed by atoms with E-state index in [-0.39, 0.29) is 5.57 Å². The molecule has 0 aromatic heterocycles. The lowest BCUT2D eigenvalue weighted by atomic mass is 10.0. The monoisotopic (exact) mass is 261 g/mol. The quantitative estimate of drug-likeness (QED) is 0.649. The molecule has 0 atom stereocenters. The second kappa shape index (κ2) is 6.45. The summed E-state index contributed by atoms with van der Waals surface area (Å²) >= 11 is 0. The molecule has 5 heteroatoms. The number of carboxylic acid groups (broad SMARTS) is 1. The number of rotatable bonds is 5. The molecule has 0 aliphatic heterocycles. The summed E-state index contributed by atoms with van der Waals surface area (Å²) in [6.07, 6.45) is 2.02. The van der Waals surface area contributed by atoms with Crippen molar-refractivity contribution in [1.29, 1.82) is 5.26 Å². The third-order valence-electron chi connectivity index (χ3n) is 2.66. The lowest BCUT2D eigenvalue weighted by Gasteiger charge is -2.12. The maximum Gasteiger partial charge on any atom is 0.346 e. The molecule has 0 bridgehead atoms. The summed E-state index contributed by atoms with van der Waals surface area (Å²) in [6, 6.07) is 5.08. The normalized spacial score (nSPS) is 10.7. The molecular formula is C14H15NO4. The SMILES string of the molecule is CCc1cc(OC)c(/C=C(\C#N)C(=O)O)cc1OC. The van der Waals surface area contributed by atoms with Crippen molar-refractivity contribution < 1.29 is 19.4 Å². The van der Waals surface area contributed by atoms with Crippen LogP contribution in [-0.4, -0.2) is 25.3 Å². The number of nitriles is 1. The molecule has 0 saturated heterocycles. The second-order valence-electron chi connectivity index (χ2n) is 3.73. The molecule has 1 N–H and O–H groups in total. The van der Waals surface area contributed by atoms with E-state index in [1.165, 1.54) is 20.3 Å². The molecular weight excluding hydrogens is 246 g/mol. The maximum atomic E-state index is 10.8. The van der Waals surface area contributed by atoms with E-state index in [1.54, 1.807) is 18.2 Å². The fourth-order valence-electron chi connectivity index (χ4n) is 1.67. The molecule has 0 unspecified atom stereocenters. The molecule has 100 valence electrons. The Balaban J connectivity index is 3.42. The summed E-state index contributed by atoms with van der Waals surface area (Å²) in [5, 5.41) is 17.6. The smallest absolute Gasteiger partial charge is 0.346 e. The molecule has 0 radical (unpaired) electrons. The average Bonchev–Trinajstić information content (AvgIpc) is 2.43. The van der Waals surface area contributed by atoms with Crippen molar-refractivity contribution in [2.45, 2.75) is 13.3 Å². The van der Waals surface area contributed by atoms with Crippen LogP contribution in [0.2, 0.25) is 0 Å². The lowest BCUT2D eigenvalue weighted by Crippen LogP contribution is -1.99. The molecule has 1 aromatic carbocycles. The van der Waals surface area contributed by atoms with E-state index >= 15 is 0 Å². The zero-order valence-electron chi connectivity index (χ0n) is 11.1. The van der Waals surface area contributed by atoms with Gasteiger partial charge in [-0.15, -0.1) is 0 Å². The van der Waals surface area contributed by atoms with Gasteiger partial charge in [-0.25, -0.2) is 4.79 Å². The van der Waals surface area contributed by atoms with Crippen LogP contribution >= 0.6 is 0 Å². The van der Waals surface area contributed by atoms with Gasteiger partial charge in [-0.2, -0.15) is 5.26 Å². The Bertz CT molecular complexity index is 555. The van der Waals surface area contributed by atoms with Crippen molar-refractivity contribution in [2.75, 3.05) is 14.2 Å². The molecule has 0 heterocycles. The highest BCUT2D eigenvalue weighted by molar-refractivity contribution is 5.97. The third-order valence-corrected chi connectivity index (χ3v) is 2.66. The minimum atomic E-state index is -1.27. The molecule has 1 rings (SSSR count). The minimum Gasteiger partial charge on any atom is -0.496 e. The summed E-state index contributed by atoms with van der Waals surface area (Å²) in [4.78, 5) is 10.8. The van der Waals surface area contributed by atoms with Crippen LogP contribution in [0.5, 0.6) is 11.5 Å². The van der Waals surface area contributed by atoms with Gasteiger partial charge in [0.05, 0.1) is 14.2 Å². The fourth-order valence-corrected chi connectivity index (χ4v) is 1.67. The number of methoxy groups -OCH3 is 2. The van der Waals surface area contributed by atoms with Crippen LogP contribution in [0.1, 0.15) is 18.1 Å². The van der Waals surface area contributed by atoms with Crippen LogP contribution in [0.3, 0.4) is 0 Å². The molecule has 0 amide bonds. The zero-order chi connectivity index (χ0) is 14.4. The number of hydrogen-bond donors (Lipinski definition) is 1. The highest BCUT2D eigenvalue weighted by Gasteiger charge is 2.12. The van der Waals surface area contributed by atoms with E-state index in [0.717, 1.165) is 12.0 Å². The van der Waals surface area contributed by atoms with Crippen LogP contribution in [0, 0.1) is 11.3 Å². The van der Waals surface area contributed by atoms with Crippen LogP contribution in [0.15, 0.2) is 17.7 Å². The topological polar surface area (TPSA) is 79.5 Å². The minimum absolute atomic E-state index is 0.357. The highest BCUT2D eigenvalue weighted by Crippen LogP contribution is 2.30. The maximum absolute atomic E-state index is 10.8. The first-order chi connectivity index (χ1) is 9.07. The van der Waals surface area contributed by atoms with E-state index < -0.39 is 5.97 Å². The standard InChI is InChI=1S/C14H15NO4/c1-4-9-6-13(19-3)10(7-12(9)18-2)5-11(8-15)14(16)17/h5-7H,4H2,1-3H3,(H,16,17)/b11-5+. The predicted molar refractivity (Wildman–Crippen MR) is 70.1 cm³/mol. The van der Waals surface area contributed by atoms with Crippen molar-refractivity contribution >= 4 is 12.0 Å². The molecule has 19 heavy (non-hydrogen) atoms. The molecule has 0 fully saturated rings. The van der Waals surface area contributed by atoms with Gasteiger partial charge >= 0.3 is 5.97 Å². The number of aliphatic carboxylic acids is 1. The van der Waals surface area contributed by atoms with Crippen LogP contribution < -0.4 is 9.47 Å². The number of aryl methyl sites for hydroxylation is 1. The zero-order valence-corrected chi connectivity index (χ0v) is 11.1. The van der Waals surface area contributed by atoms with Gasteiger partial charge in [-0.3, -0.25) is 0 Å². The lowest BCUT2D eigenvalue weighted by molar-refractivity contribution is -0.132. The number of nitrogens with zero attached hydrogens (tertiary/aromatic N) is 1. The van der Waals surface area contributed by atoms with Crippen LogP contribution in [0.25, 0.3) is 6.08 Å². The summed E-state index contributed by atoms with van der Waals surface area (Å²) in [7, 11) is 3.03. The number of carbonyl (C=O) groups is 1. The van der Waals surface area contributed by atoms with Crippen molar-refractivity contribution in [3.8, 4) is 17.6 Å². The third kappa shape index (κ3) is 3.26. The molecule has 1 aromatic rings. The first kappa shape index (κ1) is 14.6. The Kier molecular flexibility index (Phi) is 4.95. The van der Waals surface area contributed by atoms with Gasteiger partial charge in [-0.1, -0.05) is 6.92 Å². The van der Waals surface area contributed by atoms with E-state index in [2.05, 4.69) is 0 Å². The van der Waals surface area contributed by atoms with E-state index in [4.69, 9.17) is 19.8 Å². The van der Waals surface area contributed by atoms with Crippen molar-refractivity contribution in [1.82, 2.24) is 0 Å². The van der Waals surface area contributed by atoms with Gasteiger partial charge in [0, 0.05) is 5.56 Å². The van der Waals surface area contributed by atoms with E-state index in [0.29, 0.717) is 17.1 Å². The summed E-state index contributed by atoms with van der Waals surface area (Å²) < 4.78 is 10.4. The first-order valence-electron chi connectivity index (χ1n) is 5.67. The summed E-state index contributed by atoms with van der Waals surface area (Å²) in [5.74, 6) is -0.132. The Morgan fingerprint density at radius 1 is 1.37 bits per heavy atom. The highest BCUT2D eigenvalue weighted by atomic mass is 16.5. The van der Waals surface area contributed by atoms with Crippen molar-refractivity contribution in [2.24, 2.45) is 0 Å². The van der Waals surface area contributed by atoms with Gasteiger partial charge in [0.2, 0.25) is 0 Å². The van der Waals surface area contributed by atoms with Gasteiger partial charge in [0.25, 0.3) is 0 Å². The van der Waals surface area contributed by atoms with Crippen molar-refractivity contribution in [3.05, 3.63) is 28.8 Å². The van der Waals surface area contributed by atoms with E-state index in [9.17, 15) is 4.79 Å².